The number of hydrogen-bond donors (Lipinski definition) is 1. The Morgan fingerprint density at radius 1 is 1.50 bits per heavy atom. The highest BCUT2D eigenvalue weighted by molar-refractivity contribution is 5.68. The van der Waals surface area contributed by atoms with E-state index in [-0.39, 0.29) is 6.42 Å². The van der Waals surface area contributed by atoms with E-state index >= 15 is 0 Å². The molecule has 3 nitrogen and oxygen atoms in total. The third-order valence-electron chi connectivity index (χ3n) is 1.81. The number of rotatable bonds is 3. The number of nitriles is 1. The summed E-state index contributed by atoms with van der Waals surface area (Å²) >= 11 is 0. The maximum Gasteiger partial charge on any atom is 0.305 e. The van der Waals surface area contributed by atoms with Crippen LogP contribution in [0, 0.1) is 17.1 Å². The lowest BCUT2D eigenvalue weighted by Gasteiger charge is -2.05. The highest BCUT2D eigenvalue weighted by Crippen LogP contribution is 2.18. The number of halogens is 1. The van der Waals surface area contributed by atoms with Crippen molar-refractivity contribution >= 4 is 5.97 Å². The van der Waals surface area contributed by atoms with Gasteiger partial charge in [0.05, 0.1) is 18.4 Å². The second-order valence-electron chi connectivity index (χ2n) is 2.83. The monoisotopic (exact) mass is 193 g/mol. The molecule has 0 bridgehead atoms. The quantitative estimate of drug-likeness (QED) is 0.797. The van der Waals surface area contributed by atoms with E-state index in [9.17, 15) is 9.18 Å². The normalized spacial score (nSPS) is 11.7. The van der Waals surface area contributed by atoms with Crippen molar-refractivity contribution in [3.63, 3.8) is 0 Å². The second kappa shape index (κ2) is 4.38. The van der Waals surface area contributed by atoms with Gasteiger partial charge in [-0.3, -0.25) is 4.79 Å². The number of carboxylic acids is 1. The molecule has 0 unspecified atom stereocenters. The first-order chi connectivity index (χ1) is 6.63. The molecule has 1 rings (SSSR count). The van der Waals surface area contributed by atoms with E-state index in [2.05, 4.69) is 0 Å². The van der Waals surface area contributed by atoms with Gasteiger partial charge in [-0.2, -0.15) is 5.26 Å². The van der Waals surface area contributed by atoms with Crippen LogP contribution in [0.25, 0.3) is 0 Å². The molecule has 0 aliphatic heterocycles. The summed E-state index contributed by atoms with van der Waals surface area (Å²) in [6, 6.07) is 7.13. The number of carboxylic acid groups (broad SMARTS) is 1. The largest absolute Gasteiger partial charge is 0.481 e. The van der Waals surface area contributed by atoms with Crippen molar-refractivity contribution in [1.29, 1.82) is 5.26 Å². The fourth-order valence-corrected chi connectivity index (χ4v) is 1.11. The van der Waals surface area contributed by atoms with Gasteiger partial charge in [0.25, 0.3) is 0 Å². The Hall–Kier alpha value is -1.89. The van der Waals surface area contributed by atoms with Crippen LogP contribution in [-0.4, -0.2) is 11.1 Å². The van der Waals surface area contributed by atoms with Gasteiger partial charge in [0.15, 0.2) is 0 Å². The molecule has 0 amide bonds. The smallest absolute Gasteiger partial charge is 0.305 e. The van der Waals surface area contributed by atoms with Crippen molar-refractivity contribution in [3.05, 3.63) is 35.6 Å². The summed E-state index contributed by atoms with van der Waals surface area (Å²) in [7, 11) is 0. The first kappa shape index (κ1) is 10.2. The van der Waals surface area contributed by atoms with Gasteiger partial charge in [-0.15, -0.1) is 0 Å². The fraction of sp³-hybridized carbons (Fsp3) is 0.200. The van der Waals surface area contributed by atoms with Gasteiger partial charge in [0.1, 0.15) is 5.82 Å². The third-order valence-corrected chi connectivity index (χ3v) is 1.81. The summed E-state index contributed by atoms with van der Waals surface area (Å²) in [5.74, 6) is -2.16. The molecular weight excluding hydrogens is 185 g/mol. The van der Waals surface area contributed by atoms with Crippen LogP contribution in [0.1, 0.15) is 17.9 Å². The van der Waals surface area contributed by atoms with E-state index in [0.29, 0.717) is 5.56 Å². The molecule has 14 heavy (non-hydrogen) atoms. The molecule has 0 saturated heterocycles. The van der Waals surface area contributed by atoms with Crippen LogP contribution in [0.2, 0.25) is 0 Å². The predicted octanol–water partition coefficient (Wildman–Crippen LogP) is 1.91. The summed E-state index contributed by atoms with van der Waals surface area (Å²) < 4.78 is 12.5. The molecule has 1 N–H and O–H groups in total. The van der Waals surface area contributed by atoms with Gasteiger partial charge < -0.3 is 5.11 Å². The van der Waals surface area contributed by atoms with Crippen molar-refractivity contribution in [2.75, 3.05) is 0 Å². The molecule has 0 fully saturated rings. The van der Waals surface area contributed by atoms with Crippen LogP contribution in [0.3, 0.4) is 0 Å². The maximum atomic E-state index is 12.5. The predicted molar refractivity (Wildman–Crippen MR) is 47.0 cm³/mol. The van der Waals surface area contributed by atoms with Crippen molar-refractivity contribution in [2.24, 2.45) is 0 Å². The van der Waals surface area contributed by atoms with Crippen molar-refractivity contribution in [1.82, 2.24) is 0 Å². The summed E-state index contributed by atoms with van der Waals surface area (Å²) in [6.07, 6.45) is -0.262. The zero-order valence-corrected chi connectivity index (χ0v) is 7.27. The molecule has 0 heterocycles. The topological polar surface area (TPSA) is 61.1 Å². The van der Waals surface area contributed by atoms with Crippen LogP contribution < -0.4 is 0 Å². The Bertz CT molecular complexity index is 367. The SMILES string of the molecule is N#C[C@@H](CC(=O)O)c1ccc(F)cc1. The number of hydrogen-bond acceptors (Lipinski definition) is 2. The molecule has 0 saturated carbocycles. The van der Waals surface area contributed by atoms with Gasteiger partial charge in [0, 0.05) is 0 Å². The molecule has 4 heteroatoms. The number of carbonyl (C=O) groups is 1. The summed E-state index contributed by atoms with van der Waals surface area (Å²) in [4.78, 5) is 10.4. The molecule has 1 aromatic rings. The zero-order valence-electron chi connectivity index (χ0n) is 7.27. The van der Waals surface area contributed by atoms with Crippen molar-refractivity contribution < 1.29 is 14.3 Å². The summed E-state index contributed by atoms with van der Waals surface area (Å²) in [6.45, 7) is 0. The highest BCUT2D eigenvalue weighted by atomic mass is 19.1. The van der Waals surface area contributed by atoms with Crippen molar-refractivity contribution in [2.45, 2.75) is 12.3 Å². The number of aliphatic carboxylic acids is 1. The van der Waals surface area contributed by atoms with Crippen LogP contribution in [-0.2, 0) is 4.79 Å². The second-order valence-corrected chi connectivity index (χ2v) is 2.83. The Balaban J connectivity index is 2.85. The highest BCUT2D eigenvalue weighted by Gasteiger charge is 2.14. The van der Waals surface area contributed by atoms with Gasteiger partial charge in [-0.05, 0) is 17.7 Å². The van der Waals surface area contributed by atoms with Gasteiger partial charge >= 0.3 is 5.97 Å². The van der Waals surface area contributed by atoms with E-state index in [4.69, 9.17) is 10.4 Å². The Morgan fingerprint density at radius 3 is 2.50 bits per heavy atom. The fourth-order valence-electron chi connectivity index (χ4n) is 1.11. The van der Waals surface area contributed by atoms with Gasteiger partial charge in [-0.25, -0.2) is 4.39 Å². The Kier molecular flexibility index (Phi) is 3.19. The number of benzene rings is 1. The standard InChI is InChI=1S/C10H8FNO2/c11-9-3-1-7(2-4-9)8(6-12)5-10(13)14/h1-4,8H,5H2,(H,13,14)/t8-/m1/s1. The van der Waals surface area contributed by atoms with Gasteiger partial charge in [-0.1, -0.05) is 12.1 Å². The average Bonchev–Trinajstić information content (AvgIpc) is 2.15. The summed E-state index contributed by atoms with van der Waals surface area (Å²) in [5.41, 5.74) is 0.524. The zero-order chi connectivity index (χ0) is 10.6. The van der Waals surface area contributed by atoms with E-state index in [1.165, 1.54) is 24.3 Å². The minimum absolute atomic E-state index is 0.262. The lowest BCUT2D eigenvalue weighted by molar-refractivity contribution is -0.137. The van der Waals surface area contributed by atoms with Crippen molar-refractivity contribution in [3.8, 4) is 6.07 Å². The van der Waals surface area contributed by atoms with E-state index in [1.807, 2.05) is 6.07 Å². The van der Waals surface area contributed by atoms with Crippen LogP contribution >= 0.6 is 0 Å². The molecule has 0 aliphatic rings. The lowest BCUT2D eigenvalue weighted by atomic mass is 9.97. The molecule has 72 valence electrons. The van der Waals surface area contributed by atoms with E-state index in [0.717, 1.165) is 0 Å². The molecule has 1 aromatic carbocycles. The minimum atomic E-state index is -1.04. The molecule has 0 radical (unpaired) electrons. The van der Waals surface area contributed by atoms with E-state index < -0.39 is 17.7 Å². The van der Waals surface area contributed by atoms with Crippen LogP contribution in [0.4, 0.5) is 4.39 Å². The molecule has 1 atom stereocenters. The van der Waals surface area contributed by atoms with Crippen LogP contribution in [0.15, 0.2) is 24.3 Å². The number of nitrogens with zero attached hydrogens (tertiary/aromatic N) is 1. The first-order valence-corrected chi connectivity index (χ1v) is 4.00. The lowest BCUT2D eigenvalue weighted by Crippen LogP contribution is -2.04. The first-order valence-electron chi connectivity index (χ1n) is 4.00. The third kappa shape index (κ3) is 2.56. The maximum absolute atomic E-state index is 12.5. The average molecular weight is 193 g/mol. The Labute approximate surface area is 80.4 Å². The van der Waals surface area contributed by atoms with Crippen LogP contribution in [0.5, 0.6) is 0 Å². The summed E-state index contributed by atoms with van der Waals surface area (Å²) in [5, 5.41) is 17.2. The molecule has 0 aliphatic carbocycles. The minimum Gasteiger partial charge on any atom is -0.481 e. The molecule has 0 aromatic heterocycles. The molecule has 0 spiro atoms. The molecular formula is C10H8FNO2. The van der Waals surface area contributed by atoms with Gasteiger partial charge in [0.2, 0.25) is 0 Å². The van der Waals surface area contributed by atoms with E-state index in [1.54, 1.807) is 0 Å². The Morgan fingerprint density at radius 2 is 2.07 bits per heavy atom.